The number of pyridine rings is 1. The van der Waals surface area contributed by atoms with Gasteiger partial charge >= 0.3 is 0 Å². The molecule has 0 unspecified atom stereocenters. The third-order valence-electron chi connectivity index (χ3n) is 2.52. The van der Waals surface area contributed by atoms with E-state index in [4.69, 9.17) is 9.47 Å². The molecule has 0 saturated carbocycles. The maximum atomic E-state index is 5.27. The number of nitrogens with zero attached hydrogens (tertiary/aromatic N) is 2. The SMILES string of the molecule is COc1ccc(CNN2CCOCC2)cn1. The van der Waals surface area contributed by atoms with Gasteiger partial charge in [-0.2, -0.15) is 0 Å². The highest BCUT2D eigenvalue weighted by molar-refractivity contribution is 5.17. The number of ether oxygens (including phenoxy) is 2. The molecule has 88 valence electrons. The molecule has 1 aliphatic heterocycles. The third kappa shape index (κ3) is 3.16. The summed E-state index contributed by atoms with van der Waals surface area (Å²) in [7, 11) is 1.62. The van der Waals surface area contributed by atoms with Gasteiger partial charge < -0.3 is 9.47 Å². The Balaban J connectivity index is 1.79. The van der Waals surface area contributed by atoms with E-state index in [0.717, 1.165) is 38.4 Å². The maximum absolute atomic E-state index is 5.27. The summed E-state index contributed by atoms with van der Waals surface area (Å²) in [4.78, 5) is 4.16. The summed E-state index contributed by atoms with van der Waals surface area (Å²) < 4.78 is 10.3. The molecule has 1 saturated heterocycles. The fourth-order valence-corrected chi connectivity index (χ4v) is 1.56. The molecule has 5 heteroatoms. The lowest BCUT2D eigenvalue weighted by Crippen LogP contribution is -2.45. The van der Waals surface area contributed by atoms with Crippen molar-refractivity contribution in [2.45, 2.75) is 6.54 Å². The highest BCUT2D eigenvalue weighted by Crippen LogP contribution is 2.06. The van der Waals surface area contributed by atoms with Crippen molar-refractivity contribution in [3.8, 4) is 5.88 Å². The van der Waals surface area contributed by atoms with Gasteiger partial charge in [0.05, 0.1) is 20.3 Å². The first-order valence-corrected chi connectivity index (χ1v) is 5.43. The van der Waals surface area contributed by atoms with Crippen LogP contribution in [0.3, 0.4) is 0 Å². The fraction of sp³-hybridized carbons (Fsp3) is 0.545. The first kappa shape index (κ1) is 11.3. The van der Waals surface area contributed by atoms with Crippen molar-refractivity contribution in [3.63, 3.8) is 0 Å². The molecule has 1 aromatic rings. The summed E-state index contributed by atoms with van der Waals surface area (Å²) in [6.45, 7) is 4.26. The predicted molar refractivity (Wildman–Crippen MR) is 60.0 cm³/mol. The smallest absolute Gasteiger partial charge is 0.212 e. The first-order valence-electron chi connectivity index (χ1n) is 5.43. The van der Waals surface area contributed by atoms with E-state index in [2.05, 4.69) is 15.4 Å². The summed E-state index contributed by atoms with van der Waals surface area (Å²) in [5.41, 5.74) is 4.49. The molecule has 1 aliphatic rings. The molecular formula is C11H17N3O2. The average Bonchev–Trinajstić information content (AvgIpc) is 2.38. The molecule has 1 N–H and O–H groups in total. The van der Waals surface area contributed by atoms with Crippen LogP contribution in [0.25, 0.3) is 0 Å². The van der Waals surface area contributed by atoms with Crippen LogP contribution in [0.15, 0.2) is 18.3 Å². The maximum Gasteiger partial charge on any atom is 0.212 e. The molecule has 0 radical (unpaired) electrons. The third-order valence-corrected chi connectivity index (χ3v) is 2.52. The molecule has 0 spiro atoms. The molecule has 0 aliphatic carbocycles. The number of methoxy groups -OCH3 is 1. The molecule has 1 aromatic heterocycles. The van der Waals surface area contributed by atoms with E-state index in [0.29, 0.717) is 5.88 Å². The molecule has 0 aromatic carbocycles. The molecule has 16 heavy (non-hydrogen) atoms. The summed E-state index contributed by atoms with van der Waals surface area (Å²) in [5, 5.41) is 2.17. The minimum absolute atomic E-state index is 0.648. The van der Waals surface area contributed by atoms with Crippen LogP contribution in [0.5, 0.6) is 5.88 Å². The monoisotopic (exact) mass is 223 g/mol. The van der Waals surface area contributed by atoms with Gasteiger partial charge in [-0.1, -0.05) is 6.07 Å². The topological polar surface area (TPSA) is 46.6 Å². The van der Waals surface area contributed by atoms with Crippen LogP contribution in [0.4, 0.5) is 0 Å². The number of hydrazine groups is 1. The Labute approximate surface area is 95.3 Å². The van der Waals surface area contributed by atoms with Crippen molar-refractivity contribution >= 4 is 0 Å². The first-order chi connectivity index (χ1) is 7.88. The van der Waals surface area contributed by atoms with Gasteiger partial charge in [0, 0.05) is 31.9 Å². The highest BCUT2D eigenvalue weighted by Gasteiger charge is 2.09. The van der Waals surface area contributed by atoms with Gasteiger partial charge in [-0.05, 0) is 5.56 Å². The van der Waals surface area contributed by atoms with Crippen LogP contribution < -0.4 is 10.2 Å². The van der Waals surface area contributed by atoms with E-state index in [-0.39, 0.29) is 0 Å². The van der Waals surface area contributed by atoms with Crippen LogP contribution >= 0.6 is 0 Å². The lowest BCUT2D eigenvalue weighted by Gasteiger charge is -2.27. The minimum atomic E-state index is 0.648. The van der Waals surface area contributed by atoms with Gasteiger partial charge in [0.15, 0.2) is 0 Å². The van der Waals surface area contributed by atoms with Gasteiger partial charge in [0.25, 0.3) is 0 Å². The van der Waals surface area contributed by atoms with Crippen LogP contribution in [-0.4, -0.2) is 43.4 Å². The average molecular weight is 223 g/mol. The van der Waals surface area contributed by atoms with Gasteiger partial charge in [-0.15, -0.1) is 0 Å². The Morgan fingerprint density at radius 2 is 2.25 bits per heavy atom. The zero-order valence-electron chi connectivity index (χ0n) is 9.48. The summed E-state index contributed by atoms with van der Waals surface area (Å²) in [5.74, 6) is 0.648. The molecule has 2 rings (SSSR count). The number of aromatic nitrogens is 1. The molecule has 1 fully saturated rings. The van der Waals surface area contributed by atoms with Gasteiger partial charge in [-0.25, -0.2) is 9.99 Å². The zero-order chi connectivity index (χ0) is 11.2. The zero-order valence-corrected chi connectivity index (χ0v) is 9.48. The number of nitrogens with one attached hydrogen (secondary N) is 1. The van der Waals surface area contributed by atoms with Crippen molar-refractivity contribution < 1.29 is 9.47 Å². The van der Waals surface area contributed by atoms with Gasteiger partial charge in [0.1, 0.15) is 0 Å². The van der Waals surface area contributed by atoms with E-state index in [1.54, 1.807) is 7.11 Å². The lowest BCUT2D eigenvalue weighted by molar-refractivity contribution is 0.0105. The second-order valence-corrected chi connectivity index (χ2v) is 3.64. The summed E-state index contributed by atoms with van der Waals surface area (Å²) in [6, 6.07) is 3.88. The van der Waals surface area contributed by atoms with E-state index in [1.165, 1.54) is 0 Å². The Bertz CT molecular complexity index is 310. The van der Waals surface area contributed by atoms with Crippen molar-refractivity contribution in [1.82, 2.24) is 15.4 Å². The predicted octanol–water partition coefficient (Wildman–Crippen LogP) is 0.427. The number of hydrogen-bond acceptors (Lipinski definition) is 5. The van der Waals surface area contributed by atoms with E-state index in [9.17, 15) is 0 Å². The van der Waals surface area contributed by atoms with E-state index < -0.39 is 0 Å². The van der Waals surface area contributed by atoms with Gasteiger partial charge in [0.2, 0.25) is 5.88 Å². The van der Waals surface area contributed by atoms with Gasteiger partial charge in [-0.3, -0.25) is 5.43 Å². The van der Waals surface area contributed by atoms with E-state index >= 15 is 0 Å². The second kappa shape index (κ2) is 5.79. The summed E-state index contributed by atoms with van der Waals surface area (Å²) in [6.07, 6.45) is 1.83. The van der Waals surface area contributed by atoms with Crippen molar-refractivity contribution in [2.75, 3.05) is 33.4 Å². The van der Waals surface area contributed by atoms with E-state index in [1.807, 2.05) is 18.3 Å². The van der Waals surface area contributed by atoms with Crippen LogP contribution in [0.2, 0.25) is 0 Å². The van der Waals surface area contributed by atoms with Crippen molar-refractivity contribution in [1.29, 1.82) is 0 Å². The number of morpholine rings is 1. The quantitative estimate of drug-likeness (QED) is 0.802. The van der Waals surface area contributed by atoms with Crippen LogP contribution in [0, 0.1) is 0 Å². The minimum Gasteiger partial charge on any atom is -0.481 e. The Hall–Kier alpha value is -1.17. The molecule has 5 nitrogen and oxygen atoms in total. The highest BCUT2D eigenvalue weighted by atomic mass is 16.5. The van der Waals surface area contributed by atoms with Crippen molar-refractivity contribution in [2.24, 2.45) is 0 Å². The Morgan fingerprint density at radius 1 is 1.44 bits per heavy atom. The Morgan fingerprint density at radius 3 is 2.88 bits per heavy atom. The molecule has 2 heterocycles. The summed E-state index contributed by atoms with van der Waals surface area (Å²) >= 11 is 0. The Kier molecular flexibility index (Phi) is 4.10. The molecular weight excluding hydrogens is 206 g/mol. The fourth-order valence-electron chi connectivity index (χ4n) is 1.56. The number of hydrogen-bond donors (Lipinski definition) is 1. The van der Waals surface area contributed by atoms with Crippen molar-refractivity contribution in [3.05, 3.63) is 23.9 Å². The van der Waals surface area contributed by atoms with Crippen LogP contribution in [0.1, 0.15) is 5.56 Å². The normalized spacial score (nSPS) is 17.3. The molecule has 0 bridgehead atoms. The largest absolute Gasteiger partial charge is 0.481 e. The lowest BCUT2D eigenvalue weighted by atomic mass is 10.3. The molecule has 0 amide bonds. The second-order valence-electron chi connectivity index (χ2n) is 3.64. The number of rotatable bonds is 4. The standard InChI is InChI=1S/C11H17N3O2/c1-15-11-3-2-10(8-12-11)9-13-14-4-6-16-7-5-14/h2-3,8,13H,4-7,9H2,1H3. The molecule has 0 atom stereocenters. The van der Waals surface area contributed by atoms with Crippen LogP contribution in [-0.2, 0) is 11.3 Å².